The summed E-state index contributed by atoms with van der Waals surface area (Å²) in [6.07, 6.45) is 18.0. The molecule has 0 fully saturated rings. The number of carbonyl (C=O) groups is 2. The molecule has 8 rings (SSSR count). The Kier molecular flexibility index (Phi) is 28.2. The van der Waals surface area contributed by atoms with Gasteiger partial charge >= 0.3 is 520 Å². The molecule has 2 N–H and O–H groups in total. The van der Waals surface area contributed by atoms with Crippen LogP contribution in [0.4, 0.5) is 0 Å². The van der Waals surface area contributed by atoms with Crippen LogP contribution in [0.2, 0.25) is 8.87 Å². The van der Waals surface area contributed by atoms with Crippen LogP contribution in [0.25, 0.3) is 0 Å². The van der Waals surface area contributed by atoms with Gasteiger partial charge in [-0.1, -0.05) is 0 Å². The third-order valence-electron chi connectivity index (χ3n) is 16.7. The van der Waals surface area contributed by atoms with Crippen molar-refractivity contribution in [3.05, 3.63) is 251 Å². The number of aryl methyl sites for hydroxylation is 6. The van der Waals surface area contributed by atoms with Crippen LogP contribution in [-0.4, -0.2) is 69.8 Å². The Balaban J connectivity index is 0.000000212. The van der Waals surface area contributed by atoms with Crippen molar-refractivity contribution in [2.24, 2.45) is 0 Å². The third kappa shape index (κ3) is 19.3. The van der Waals surface area contributed by atoms with Crippen molar-refractivity contribution < 1.29 is 19.8 Å². The van der Waals surface area contributed by atoms with Crippen LogP contribution in [-0.2, 0) is 9.59 Å². The molecule has 0 bridgehead atoms. The van der Waals surface area contributed by atoms with Crippen molar-refractivity contribution >= 4 is 86.0 Å². The van der Waals surface area contributed by atoms with Crippen LogP contribution in [0.15, 0.2) is 206 Å². The molecule has 0 aliphatic rings. The van der Waals surface area contributed by atoms with Crippen molar-refractivity contribution in [1.82, 2.24) is 0 Å². The maximum atomic E-state index is 12.3. The maximum absolute atomic E-state index is 12.3. The SMILES string of the molecule is CCCCCCC[CH2][Sn][CH2]CCCCCCC.Cc1cc[c]([Ge]([c]2ccc(C)cc2)([c]2ccc(C)cc2)[CH](CC(=O)O)c2ccccc2)cc1.Cc1cc[c]([Ge]([c]2ccc(C)cc2)([c]2ccc(C)cc2)[CH](CC(=O)O)c2ccccc2)cc1. The molecule has 2 atom stereocenters. The fourth-order valence-electron chi connectivity index (χ4n) is 12.1. The minimum absolute atomic E-state index is 0.0736. The number of hydrogen-bond donors (Lipinski definition) is 2. The van der Waals surface area contributed by atoms with E-state index in [0.717, 1.165) is 11.1 Å². The number of rotatable bonds is 28. The Hall–Kier alpha value is -5.42. The predicted molar refractivity (Wildman–Crippen MR) is 361 cm³/mol. The van der Waals surface area contributed by atoms with Gasteiger partial charge in [-0.05, 0) is 0 Å². The molecule has 434 valence electrons. The van der Waals surface area contributed by atoms with Crippen LogP contribution >= 0.6 is 0 Å². The molecule has 8 aromatic carbocycles. The number of unbranched alkanes of at least 4 members (excludes halogenated alkanes) is 10. The molecule has 2 unspecified atom stereocenters. The zero-order chi connectivity index (χ0) is 59.5. The van der Waals surface area contributed by atoms with Crippen LogP contribution in [0.1, 0.15) is 158 Å². The summed E-state index contributed by atoms with van der Waals surface area (Å²) in [4.78, 5) is 24.6. The summed E-state index contributed by atoms with van der Waals surface area (Å²) in [6, 6.07) is 73.4. The van der Waals surface area contributed by atoms with Crippen LogP contribution < -0.4 is 26.4 Å². The van der Waals surface area contributed by atoms with Gasteiger partial charge in [-0.25, -0.2) is 0 Å². The Morgan fingerprint density at radius 2 is 0.542 bits per heavy atom. The first-order chi connectivity index (χ1) is 40.2. The van der Waals surface area contributed by atoms with Gasteiger partial charge in [-0.3, -0.25) is 0 Å². The van der Waals surface area contributed by atoms with Gasteiger partial charge in [0.05, 0.1) is 0 Å². The third-order valence-corrected chi connectivity index (χ3v) is 43.0. The number of carboxylic acids is 2. The zero-order valence-corrected chi connectivity index (χ0v) is 58.4. The summed E-state index contributed by atoms with van der Waals surface area (Å²) in [5.41, 5.74) is 9.43. The van der Waals surface area contributed by atoms with E-state index in [2.05, 4.69) is 225 Å². The molecule has 0 amide bonds. The van der Waals surface area contributed by atoms with Crippen molar-refractivity contribution in [3.63, 3.8) is 0 Å². The second-order valence-corrected chi connectivity index (χ2v) is 44.5. The fraction of sp³-hybridized carbons (Fsp3) is 0.342. The molecule has 8 aromatic rings. The van der Waals surface area contributed by atoms with E-state index >= 15 is 0 Å². The minimum atomic E-state index is -3.55. The fourth-order valence-corrected chi connectivity index (χ4v) is 38.5. The summed E-state index contributed by atoms with van der Waals surface area (Å²) in [5.74, 6) is -1.52. The molecule has 0 saturated heterocycles. The number of aliphatic carboxylic acids is 2. The quantitative estimate of drug-likeness (QED) is 0.0379. The average Bonchev–Trinajstić information content (AvgIpc) is 2.70. The number of benzene rings is 8. The molecular formula is C76H94Ge2O4Sn. The molecule has 83 heavy (non-hydrogen) atoms. The average molecular weight is 1340 g/mol. The Morgan fingerprint density at radius 3 is 0.759 bits per heavy atom. The van der Waals surface area contributed by atoms with E-state index in [1.165, 1.54) is 124 Å². The van der Waals surface area contributed by atoms with Gasteiger partial charge < -0.3 is 0 Å². The molecule has 4 nitrogen and oxygen atoms in total. The first kappa shape index (κ1) is 66.7. The second-order valence-electron chi connectivity index (χ2n) is 23.2. The Labute approximate surface area is 516 Å². The summed E-state index contributed by atoms with van der Waals surface area (Å²) in [5, 5.41) is 20.2. The van der Waals surface area contributed by atoms with Gasteiger partial charge in [0.15, 0.2) is 0 Å². The molecule has 0 heterocycles. The summed E-state index contributed by atoms with van der Waals surface area (Å²) in [6.45, 7) is 17.2. The normalized spacial score (nSPS) is 12.0. The van der Waals surface area contributed by atoms with Gasteiger partial charge in [-0.15, -0.1) is 0 Å². The van der Waals surface area contributed by atoms with E-state index in [0.29, 0.717) is 0 Å². The molecule has 0 aromatic heterocycles. The summed E-state index contributed by atoms with van der Waals surface area (Å²) in [7, 11) is 0. The van der Waals surface area contributed by atoms with E-state index in [4.69, 9.17) is 0 Å². The van der Waals surface area contributed by atoms with Crippen molar-refractivity contribution in [1.29, 1.82) is 0 Å². The molecule has 7 heteroatoms. The Bertz CT molecular complexity index is 2670. The van der Waals surface area contributed by atoms with Crippen LogP contribution in [0, 0.1) is 41.5 Å². The van der Waals surface area contributed by atoms with Gasteiger partial charge in [0.25, 0.3) is 0 Å². The summed E-state index contributed by atoms with van der Waals surface area (Å²) >= 11 is -7.03. The number of carboxylic acid groups (broad SMARTS) is 2. The molecule has 0 spiro atoms. The first-order valence-corrected chi connectivity index (χ1v) is 43.7. The van der Waals surface area contributed by atoms with Gasteiger partial charge in [0.2, 0.25) is 0 Å². The topological polar surface area (TPSA) is 74.6 Å². The van der Waals surface area contributed by atoms with Gasteiger partial charge in [0.1, 0.15) is 0 Å². The summed E-state index contributed by atoms with van der Waals surface area (Å²) < 4.78 is 10.8. The van der Waals surface area contributed by atoms with Crippen molar-refractivity contribution in [2.75, 3.05) is 0 Å². The van der Waals surface area contributed by atoms with Gasteiger partial charge in [0, 0.05) is 0 Å². The molecule has 0 aliphatic heterocycles. The van der Waals surface area contributed by atoms with Crippen molar-refractivity contribution in [2.45, 2.75) is 164 Å². The Morgan fingerprint density at radius 1 is 0.325 bits per heavy atom. The monoisotopic (exact) mass is 1340 g/mol. The zero-order valence-electron chi connectivity index (χ0n) is 51.3. The standard InChI is InChI=1S/2C30H30GeO2.2C8H17.Sn/c2*1-22-9-15-26(16-10-22)31(27-17-11-23(2)12-18-27,28-19-13-24(3)14-20-28)29(21-30(32)33)25-7-5-4-6-8-25;2*1-3-5-7-8-6-4-2;/h2*4-20,29H,21H2,1-3H3,(H,32,33);2*1,3-8H2,2H3;. The van der Waals surface area contributed by atoms with Crippen LogP contribution in [0.5, 0.6) is 0 Å². The number of hydrogen-bond acceptors (Lipinski definition) is 2. The molecule has 2 radical (unpaired) electrons. The predicted octanol–water partition coefficient (Wildman–Crippen LogP) is 16.0. The van der Waals surface area contributed by atoms with E-state index in [1.54, 1.807) is 21.7 Å². The van der Waals surface area contributed by atoms with E-state index in [-0.39, 0.29) is 43.5 Å². The van der Waals surface area contributed by atoms with E-state index in [9.17, 15) is 19.8 Å². The molecular weight excluding hydrogens is 1240 g/mol. The second kappa shape index (κ2) is 35.1. The molecule has 0 aliphatic carbocycles. The van der Waals surface area contributed by atoms with Crippen molar-refractivity contribution in [3.8, 4) is 0 Å². The van der Waals surface area contributed by atoms with E-state index in [1.807, 2.05) is 36.4 Å². The molecule has 0 saturated carbocycles. The van der Waals surface area contributed by atoms with Crippen LogP contribution in [0.3, 0.4) is 0 Å². The first-order valence-electron chi connectivity index (χ1n) is 30.9. The van der Waals surface area contributed by atoms with E-state index < -0.39 is 38.5 Å². The van der Waals surface area contributed by atoms with Gasteiger partial charge in [-0.2, -0.15) is 0 Å².